The van der Waals surface area contributed by atoms with E-state index in [4.69, 9.17) is 11.6 Å². The van der Waals surface area contributed by atoms with Crippen LogP contribution in [0.5, 0.6) is 0 Å². The highest BCUT2D eigenvalue weighted by Gasteiger charge is 2.05. The van der Waals surface area contributed by atoms with Crippen molar-refractivity contribution in [2.75, 3.05) is 11.9 Å². The second kappa shape index (κ2) is 5.90. The summed E-state index contributed by atoms with van der Waals surface area (Å²) >= 11 is 9.68. The summed E-state index contributed by atoms with van der Waals surface area (Å²) in [6, 6.07) is 16.4. The van der Waals surface area contributed by atoms with Crippen LogP contribution in [0.3, 0.4) is 0 Å². The largest absolute Gasteiger partial charge is 0.383 e. The van der Waals surface area contributed by atoms with Crippen molar-refractivity contribution in [3.8, 4) is 0 Å². The standard InChI is InChI=1S/C16H14BrClN2/c17-12-5-7-13(8-6-12)19-9-10-20-11-15(18)14-3-1-2-4-16(14)20/h1-8,11,19H,9-10H2. The van der Waals surface area contributed by atoms with E-state index in [1.165, 1.54) is 5.52 Å². The van der Waals surface area contributed by atoms with Crippen LogP contribution in [0, 0.1) is 0 Å². The lowest BCUT2D eigenvalue weighted by Crippen LogP contribution is -2.09. The van der Waals surface area contributed by atoms with E-state index in [2.05, 4.69) is 50.1 Å². The van der Waals surface area contributed by atoms with Gasteiger partial charge in [0.05, 0.1) is 5.02 Å². The Kier molecular flexibility index (Phi) is 3.99. The van der Waals surface area contributed by atoms with Crippen LogP contribution in [0.1, 0.15) is 0 Å². The maximum Gasteiger partial charge on any atom is 0.0661 e. The van der Waals surface area contributed by atoms with Crippen molar-refractivity contribution in [1.82, 2.24) is 4.57 Å². The lowest BCUT2D eigenvalue weighted by atomic mass is 10.2. The van der Waals surface area contributed by atoms with Gasteiger partial charge in [0, 0.05) is 40.3 Å². The van der Waals surface area contributed by atoms with Crippen LogP contribution >= 0.6 is 27.5 Å². The number of nitrogens with zero attached hydrogens (tertiary/aromatic N) is 1. The van der Waals surface area contributed by atoms with Crippen molar-refractivity contribution in [3.05, 3.63) is 64.2 Å². The quantitative estimate of drug-likeness (QED) is 0.687. The summed E-state index contributed by atoms with van der Waals surface area (Å²) in [6.07, 6.45) is 2.00. The first-order valence-corrected chi connectivity index (χ1v) is 7.64. The van der Waals surface area contributed by atoms with E-state index in [1.54, 1.807) is 0 Å². The normalized spacial score (nSPS) is 10.9. The molecule has 0 bridgehead atoms. The van der Waals surface area contributed by atoms with Gasteiger partial charge in [-0.2, -0.15) is 0 Å². The second-order valence-electron chi connectivity index (χ2n) is 4.62. The van der Waals surface area contributed by atoms with Gasteiger partial charge in [-0.1, -0.05) is 45.7 Å². The van der Waals surface area contributed by atoms with Gasteiger partial charge in [-0.25, -0.2) is 0 Å². The van der Waals surface area contributed by atoms with Gasteiger partial charge in [-0.3, -0.25) is 0 Å². The number of benzene rings is 2. The summed E-state index contributed by atoms with van der Waals surface area (Å²) in [7, 11) is 0. The molecule has 0 radical (unpaired) electrons. The van der Waals surface area contributed by atoms with Crippen LogP contribution in [0.2, 0.25) is 5.02 Å². The zero-order valence-corrected chi connectivity index (χ0v) is 13.2. The number of fused-ring (bicyclic) bond motifs is 1. The van der Waals surface area contributed by atoms with E-state index in [1.807, 2.05) is 30.5 Å². The maximum absolute atomic E-state index is 6.24. The number of hydrogen-bond acceptors (Lipinski definition) is 1. The lowest BCUT2D eigenvalue weighted by molar-refractivity contribution is 0.757. The van der Waals surface area contributed by atoms with Gasteiger partial charge < -0.3 is 9.88 Å². The van der Waals surface area contributed by atoms with E-state index in [0.717, 1.165) is 33.7 Å². The maximum atomic E-state index is 6.24. The molecule has 2 aromatic carbocycles. The summed E-state index contributed by atoms with van der Waals surface area (Å²) in [4.78, 5) is 0. The average molecular weight is 350 g/mol. The Labute approximate surface area is 131 Å². The predicted octanol–water partition coefficient (Wildman–Crippen LogP) is 5.17. The van der Waals surface area contributed by atoms with E-state index < -0.39 is 0 Å². The molecule has 2 nitrogen and oxygen atoms in total. The van der Waals surface area contributed by atoms with Crippen molar-refractivity contribution in [3.63, 3.8) is 0 Å². The summed E-state index contributed by atoms with van der Waals surface area (Å²) in [6.45, 7) is 1.74. The van der Waals surface area contributed by atoms with Crippen molar-refractivity contribution in [2.45, 2.75) is 6.54 Å². The number of para-hydroxylation sites is 1. The molecule has 3 aromatic rings. The third kappa shape index (κ3) is 2.84. The zero-order valence-electron chi connectivity index (χ0n) is 10.8. The van der Waals surface area contributed by atoms with Crippen molar-refractivity contribution in [2.24, 2.45) is 0 Å². The van der Waals surface area contributed by atoms with E-state index in [9.17, 15) is 0 Å². The number of hydrogen-bond donors (Lipinski definition) is 1. The van der Waals surface area contributed by atoms with Gasteiger partial charge in [0.15, 0.2) is 0 Å². The Morgan fingerprint density at radius 2 is 1.80 bits per heavy atom. The minimum absolute atomic E-state index is 0.809. The monoisotopic (exact) mass is 348 g/mol. The van der Waals surface area contributed by atoms with Crippen LogP contribution < -0.4 is 5.32 Å². The third-order valence-corrected chi connectivity index (χ3v) is 4.10. The molecule has 20 heavy (non-hydrogen) atoms. The molecule has 0 aliphatic carbocycles. The molecule has 0 amide bonds. The molecule has 1 heterocycles. The molecule has 1 N–H and O–H groups in total. The molecule has 102 valence electrons. The Morgan fingerprint density at radius 3 is 2.60 bits per heavy atom. The van der Waals surface area contributed by atoms with E-state index in [0.29, 0.717) is 0 Å². The molecule has 0 saturated heterocycles. The van der Waals surface area contributed by atoms with E-state index >= 15 is 0 Å². The Hall–Kier alpha value is -1.45. The molecular formula is C16H14BrClN2. The highest BCUT2D eigenvalue weighted by molar-refractivity contribution is 9.10. The zero-order chi connectivity index (χ0) is 13.9. The fourth-order valence-corrected chi connectivity index (χ4v) is 2.82. The van der Waals surface area contributed by atoms with Crippen molar-refractivity contribution in [1.29, 1.82) is 0 Å². The van der Waals surface area contributed by atoms with Crippen molar-refractivity contribution < 1.29 is 0 Å². The predicted molar refractivity (Wildman–Crippen MR) is 89.6 cm³/mol. The second-order valence-corrected chi connectivity index (χ2v) is 5.94. The minimum atomic E-state index is 0.809. The molecule has 0 aliphatic rings. The lowest BCUT2D eigenvalue weighted by Gasteiger charge is -2.08. The minimum Gasteiger partial charge on any atom is -0.383 e. The molecule has 0 spiro atoms. The number of anilines is 1. The average Bonchev–Trinajstić information content (AvgIpc) is 2.79. The van der Waals surface area contributed by atoms with Crippen molar-refractivity contribution >= 4 is 44.1 Å². The summed E-state index contributed by atoms with van der Waals surface area (Å²) < 4.78 is 3.27. The molecule has 0 saturated carbocycles. The van der Waals surface area contributed by atoms with Crippen LogP contribution in [0.25, 0.3) is 10.9 Å². The molecule has 0 atom stereocenters. The first kappa shape index (κ1) is 13.5. The van der Waals surface area contributed by atoms with Gasteiger partial charge in [0.1, 0.15) is 0 Å². The Balaban J connectivity index is 1.70. The number of nitrogens with one attached hydrogen (secondary N) is 1. The summed E-state index contributed by atoms with van der Waals surface area (Å²) in [5.41, 5.74) is 2.30. The van der Waals surface area contributed by atoms with E-state index in [-0.39, 0.29) is 0 Å². The van der Waals surface area contributed by atoms with Crippen LogP contribution in [-0.2, 0) is 6.54 Å². The molecule has 4 heteroatoms. The smallest absolute Gasteiger partial charge is 0.0661 e. The fourth-order valence-electron chi connectivity index (χ4n) is 2.28. The first-order chi connectivity index (χ1) is 9.74. The van der Waals surface area contributed by atoms with Gasteiger partial charge >= 0.3 is 0 Å². The number of aromatic nitrogens is 1. The molecule has 1 aromatic heterocycles. The SMILES string of the molecule is Clc1cn(CCNc2ccc(Br)cc2)c2ccccc12. The first-order valence-electron chi connectivity index (χ1n) is 6.47. The topological polar surface area (TPSA) is 17.0 Å². The van der Waals surface area contributed by atoms with Gasteiger partial charge in [-0.05, 0) is 30.3 Å². The highest BCUT2D eigenvalue weighted by atomic mass is 79.9. The Bertz CT molecular complexity index is 719. The summed E-state index contributed by atoms with van der Waals surface area (Å²) in [5, 5.41) is 5.33. The molecule has 0 fully saturated rings. The summed E-state index contributed by atoms with van der Waals surface area (Å²) in [5.74, 6) is 0. The number of halogens is 2. The number of rotatable bonds is 4. The molecule has 0 unspecified atom stereocenters. The molecular weight excluding hydrogens is 336 g/mol. The fraction of sp³-hybridized carbons (Fsp3) is 0.125. The van der Waals surface area contributed by atoms with Crippen LogP contribution in [0.4, 0.5) is 5.69 Å². The third-order valence-electron chi connectivity index (χ3n) is 3.27. The van der Waals surface area contributed by atoms with Crippen LogP contribution in [0.15, 0.2) is 59.2 Å². The van der Waals surface area contributed by atoms with Gasteiger partial charge in [0.25, 0.3) is 0 Å². The van der Waals surface area contributed by atoms with Gasteiger partial charge in [0.2, 0.25) is 0 Å². The molecule has 3 rings (SSSR count). The molecule has 0 aliphatic heterocycles. The van der Waals surface area contributed by atoms with Gasteiger partial charge in [-0.15, -0.1) is 0 Å². The Morgan fingerprint density at radius 1 is 1.05 bits per heavy atom. The van der Waals surface area contributed by atoms with Crippen LogP contribution in [-0.4, -0.2) is 11.1 Å². The highest BCUT2D eigenvalue weighted by Crippen LogP contribution is 2.25.